The van der Waals surface area contributed by atoms with E-state index in [1.807, 2.05) is 13.8 Å². The molecule has 7 heteroatoms. The molecule has 0 fully saturated rings. The summed E-state index contributed by atoms with van der Waals surface area (Å²) in [5.74, 6) is -0.282. The van der Waals surface area contributed by atoms with E-state index >= 15 is 0 Å². The highest BCUT2D eigenvalue weighted by molar-refractivity contribution is 7.92. The summed E-state index contributed by atoms with van der Waals surface area (Å²) in [7, 11) is -3.75. The van der Waals surface area contributed by atoms with Gasteiger partial charge in [0.25, 0.3) is 10.0 Å². The van der Waals surface area contributed by atoms with Crippen LogP contribution in [0.4, 0.5) is 11.4 Å². The van der Waals surface area contributed by atoms with Crippen LogP contribution >= 0.6 is 11.6 Å². The molecule has 0 saturated carbocycles. The van der Waals surface area contributed by atoms with Crippen LogP contribution in [0.15, 0.2) is 53.4 Å². The number of nitrogens with one attached hydrogen (secondary N) is 2. The van der Waals surface area contributed by atoms with E-state index in [1.165, 1.54) is 12.1 Å². The maximum atomic E-state index is 12.5. The normalized spacial score (nSPS) is 12.5. The lowest BCUT2D eigenvalue weighted by atomic mass is 10.1. The Balaban J connectivity index is 2.20. The van der Waals surface area contributed by atoms with Gasteiger partial charge in [-0.2, -0.15) is 0 Å². The van der Waals surface area contributed by atoms with Crippen LogP contribution in [0.25, 0.3) is 0 Å². The number of carbonyl (C=O) groups is 1. The molecule has 0 spiro atoms. The van der Waals surface area contributed by atoms with Crippen molar-refractivity contribution in [2.45, 2.75) is 25.2 Å². The summed E-state index contributed by atoms with van der Waals surface area (Å²) in [4.78, 5) is 12.0. The summed E-state index contributed by atoms with van der Waals surface area (Å²) in [6.45, 7) is 3.74. The van der Waals surface area contributed by atoms with Gasteiger partial charge in [0.2, 0.25) is 5.91 Å². The Kier molecular flexibility index (Phi) is 5.85. The summed E-state index contributed by atoms with van der Waals surface area (Å²) in [5, 5.41) is 3.25. The summed E-state index contributed by atoms with van der Waals surface area (Å²) in [6.07, 6.45) is 0.710. The van der Waals surface area contributed by atoms with E-state index in [0.717, 1.165) is 0 Å². The fourth-order valence-electron chi connectivity index (χ4n) is 1.92. The van der Waals surface area contributed by atoms with Crippen LogP contribution in [0.1, 0.15) is 20.3 Å². The number of benzene rings is 2. The molecule has 0 unspecified atom stereocenters. The zero-order chi connectivity index (χ0) is 17.7. The summed E-state index contributed by atoms with van der Waals surface area (Å²) < 4.78 is 27.4. The molecule has 0 aliphatic heterocycles. The van der Waals surface area contributed by atoms with Crippen LogP contribution in [0.3, 0.4) is 0 Å². The van der Waals surface area contributed by atoms with Crippen molar-refractivity contribution in [2.24, 2.45) is 5.92 Å². The van der Waals surface area contributed by atoms with E-state index in [9.17, 15) is 13.2 Å². The Morgan fingerprint density at radius 2 is 1.79 bits per heavy atom. The van der Waals surface area contributed by atoms with Crippen molar-refractivity contribution < 1.29 is 13.2 Å². The van der Waals surface area contributed by atoms with Crippen LogP contribution in [0, 0.1) is 5.92 Å². The second-order valence-electron chi connectivity index (χ2n) is 5.44. The highest BCUT2D eigenvalue weighted by Gasteiger charge is 2.16. The molecule has 0 aliphatic rings. The predicted octanol–water partition coefficient (Wildman–Crippen LogP) is 4.13. The molecule has 2 aromatic carbocycles. The highest BCUT2D eigenvalue weighted by atomic mass is 35.5. The van der Waals surface area contributed by atoms with Gasteiger partial charge in [-0.1, -0.05) is 31.5 Å². The molecule has 1 atom stereocenters. The monoisotopic (exact) mass is 366 g/mol. The highest BCUT2D eigenvalue weighted by Crippen LogP contribution is 2.21. The molecule has 5 nitrogen and oxygen atoms in total. The fourth-order valence-corrected chi connectivity index (χ4v) is 3.15. The Morgan fingerprint density at radius 1 is 1.12 bits per heavy atom. The smallest absolute Gasteiger partial charge is 0.261 e. The summed E-state index contributed by atoms with van der Waals surface area (Å²) in [5.41, 5.74) is 0.854. The van der Waals surface area contributed by atoms with E-state index in [-0.39, 0.29) is 16.7 Å². The lowest BCUT2D eigenvalue weighted by molar-refractivity contribution is -0.119. The first-order valence-electron chi connectivity index (χ1n) is 7.51. The number of hydrogen-bond donors (Lipinski definition) is 2. The molecule has 2 N–H and O–H groups in total. The number of halogens is 1. The lowest BCUT2D eigenvalue weighted by Crippen LogP contribution is -2.20. The van der Waals surface area contributed by atoms with Crippen LogP contribution in [0.5, 0.6) is 0 Å². The molecule has 128 valence electrons. The first kappa shape index (κ1) is 18.3. The van der Waals surface area contributed by atoms with Gasteiger partial charge in [-0.05, 0) is 48.9 Å². The fraction of sp³-hybridized carbons (Fsp3) is 0.235. The van der Waals surface area contributed by atoms with Crippen molar-refractivity contribution in [3.05, 3.63) is 53.6 Å². The molecule has 2 aromatic rings. The van der Waals surface area contributed by atoms with Crippen molar-refractivity contribution in [3.8, 4) is 0 Å². The van der Waals surface area contributed by atoms with Gasteiger partial charge in [0.15, 0.2) is 0 Å². The van der Waals surface area contributed by atoms with Crippen molar-refractivity contribution in [2.75, 3.05) is 10.0 Å². The minimum Gasteiger partial charge on any atom is -0.326 e. The minimum absolute atomic E-state index is 0.0689. The second-order valence-corrected chi connectivity index (χ2v) is 7.56. The molecule has 24 heavy (non-hydrogen) atoms. The van der Waals surface area contributed by atoms with E-state index in [2.05, 4.69) is 10.0 Å². The van der Waals surface area contributed by atoms with E-state index in [4.69, 9.17) is 11.6 Å². The van der Waals surface area contributed by atoms with Crippen LogP contribution in [-0.2, 0) is 14.8 Å². The Hall–Kier alpha value is -2.05. The summed E-state index contributed by atoms with van der Waals surface area (Å²) in [6, 6.07) is 12.5. The zero-order valence-electron chi connectivity index (χ0n) is 13.4. The quantitative estimate of drug-likeness (QED) is 0.807. The van der Waals surface area contributed by atoms with E-state index in [0.29, 0.717) is 22.8 Å². The molecular formula is C17H19ClN2O3S. The maximum absolute atomic E-state index is 12.5. The molecule has 2 rings (SSSR count). The topological polar surface area (TPSA) is 75.3 Å². The average Bonchev–Trinajstić information content (AvgIpc) is 2.56. The molecule has 0 aromatic heterocycles. The Bertz CT molecular complexity index is 820. The van der Waals surface area contributed by atoms with Crippen LogP contribution < -0.4 is 10.0 Å². The van der Waals surface area contributed by atoms with Gasteiger partial charge in [0.1, 0.15) is 0 Å². The third-order valence-electron chi connectivity index (χ3n) is 3.57. The SMILES string of the molecule is CC[C@H](C)C(=O)Nc1cccc(S(=O)(=O)Nc2ccc(Cl)cc2)c1. The molecule has 1 amide bonds. The van der Waals surface area contributed by atoms with Crippen molar-refractivity contribution >= 4 is 38.9 Å². The molecule has 0 radical (unpaired) electrons. The number of hydrogen-bond acceptors (Lipinski definition) is 3. The second kappa shape index (κ2) is 7.68. The van der Waals surface area contributed by atoms with Gasteiger partial charge in [-0.3, -0.25) is 9.52 Å². The third kappa shape index (κ3) is 4.72. The zero-order valence-corrected chi connectivity index (χ0v) is 15.0. The maximum Gasteiger partial charge on any atom is 0.261 e. The number of sulfonamides is 1. The van der Waals surface area contributed by atoms with Crippen molar-refractivity contribution in [1.82, 2.24) is 0 Å². The molecule has 0 saturated heterocycles. The largest absolute Gasteiger partial charge is 0.326 e. The van der Waals surface area contributed by atoms with Gasteiger partial charge in [-0.15, -0.1) is 0 Å². The minimum atomic E-state index is -3.75. The number of rotatable bonds is 6. The number of anilines is 2. The summed E-state index contributed by atoms with van der Waals surface area (Å²) >= 11 is 5.79. The van der Waals surface area contributed by atoms with Crippen molar-refractivity contribution in [3.63, 3.8) is 0 Å². The number of carbonyl (C=O) groups excluding carboxylic acids is 1. The molecule has 0 bridgehead atoms. The Labute approximate surface area is 147 Å². The number of amides is 1. The first-order valence-corrected chi connectivity index (χ1v) is 9.37. The first-order chi connectivity index (χ1) is 11.3. The Morgan fingerprint density at radius 3 is 2.42 bits per heavy atom. The third-order valence-corrected chi connectivity index (χ3v) is 5.20. The predicted molar refractivity (Wildman–Crippen MR) is 96.8 cm³/mol. The van der Waals surface area contributed by atoms with Gasteiger partial charge in [-0.25, -0.2) is 8.42 Å². The van der Waals surface area contributed by atoms with Gasteiger partial charge < -0.3 is 5.32 Å². The molecule has 0 aliphatic carbocycles. The van der Waals surface area contributed by atoms with E-state index in [1.54, 1.807) is 36.4 Å². The van der Waals surface area contributed by atoms with E-state index < -0.39 is 10.0 Å². The van der Waals surface area contributed by atoms with Gasteiger partial charge >= 0.3 is 0 Å². The van der Waals surface area contributed by atoms with Gasteiger partial charge in [0.05, 0.1) is 4.90 Å². The van der Waals surface area contributed by atoms with Crippen LogP contribution in [0.2, 0.25) is 5.02 Å². The van der Waals surface area contributed by atoms with Gasteiger partial charge in [0, 0.05) is 22.3 Å². The standard InChI is InChI=1S/C17H19ClN2O3S/c1-3-12(2)17(21)19-15-5-4-6-16(11-15)24(22,23)20-14-9-7-13(18)8-10-14/h4-12,20H,3H2,1-2H3,(H,19,21)/t12-/m0/s1. The van der Waals surface area contributed by atoms with Crippen LogP contribution in [-0.4, -0.2) is 14.3 Å². The molecular weight excluding hydrogens is 348 g/mol. The van der Waals surface area contributed by atoms with Crippen molar-refractivity contribution in [1.29, 1.82) is 0 Å². The lowest BCUT2D eigenvalue weighted by Gasteiger charge is -2.12. The average molecular weight is 367 g/mol. The molecule has 0 heterocycles.